The van der Waals surface area contributed by atoms with Gasteiger partial charge in [0.2, 0.25) is 0 Å². The molecule has 2 amide bonds. The van der Waals surface area contributed by atoms with E-state index in [0.717, 1.165) is 42.8 Å². The van der Waals surface area contributed by atoms with E-state index >= 15 is 0 Å². The second kappa shape index (κ2) is 6.10. The topological polar surface area (TPSA) is 58.1 Å². The molecule has 130 valence electrons. The van der Waals surface area contributed by atoms with Gasteiger partial charge in [0.25, 0.3) is 0 Å². The van der Waals surface area contributed by atoms with Gasteiger partial charge in [0.1, 0.15) is 0 Å². The Bertz CT molecular complexity index is 808. The van der Waals surface area contributed by atoms with Crippen LogP contribution < -0.4 is 5.32 Å². The van der Waals surface area contributed by atoms with Crippen molar-refractivity contribution in [1.82, 2.24) is 14.9 Å². The van der Waals surface area contributed by atoms with E-state index in [1.807, 2.05) is 30.0 Å². The summed E-state index contributed by atoms with van der Waals surface area (Å²) in [4.78, 5) is 22.8. The third kappa shape index (κ3) is 2.86. The van der Waals surface area contributed by atoms with Crippen LogP contribution in [0.1, 0.15) is 31.7 Å². The molecule has 6 heteroatoms. The molecule has 25 heavy (non-hydrogen) atoms. The minimum atomic E-state index is -0.468. The molecule has 0 spiro atoms. The number of carbonyl (C=O) groups excluding carboxylic acids is 1. The largest absolute Gasteiger partial charge is 0.322 e. The lowest BCUT2D eigenvalue weighted by molar-refractivity contribution is 0.202. The first-order chi connectivity index (χ1) is 12.0. The van der Waals surface area contributed by atoms with Crippen LogP contribution in [-0.4, -0.2) is 33.0 Å². The Morgan fingerprint density at radius 3 is 2.68 bits per heavy atom. The zero-order valence-electron chi connectivity index (χ0n) is 14.4. The number of nitrogens with zero attached hydrogens (tertiary/aromatic N) is 3. The van der Waals surface area contributed by atoms with Crippen molar-refractivity contribution >= 4 is 11.7 Å². The predicted octanol–water partition coefficient (Wildman–Crippen LogP) is 4.00. The molecule has 1 N–H and O–H groups in total. The fourth-order valence-electron chi connectivity index (χ4n) is 4.18. The normalized spacial score (nSPS) is 24.6. The number of urea groups is 1. The summed E-state index contributed by atoms with van der Waals surface area (Å²) in [5.41, 5.74) is 2.47. The third-order valence-corrected chi connectivity index (χ3v) is 5.43. The maximum atomic E-state index is 13.1. The molecule has 2 saturated heterocycles. The molecule has 0 radical (unpaired) electrons. The van der Waals surface area contributed by atoms with E-state index in [1.165, 1.54) is 0 Å². The molecule has 4 rings (SSSR count). The molecule has 2 bridgehead atoms. The van der Waals surface area contributed by atoms with Gasteiger partial charge in [0.15, 0.2) is 11.6 Å². The summed E-state index contributed by atoms with van der Waals surface area (Å²) in [7, 11) is 0. The van der Waals surface area contributed by atoms with Gasteiger partial charge in [0, 0.05) is 23.3 Å². The van der Waals surface area contributed by atoms with Crippen LogP contribution in [0.5, 0.6) is 0 Å². The molecule has 2 unspecified atom stereocenters. The van der Waals surface area contributed by atoms with E-state index in [-0.39, 0.29) is 6.03 Å². The monoisotopic (exact) mass is 340 g/mol. The number of halogens is 1. The highest BCUT2D eigenvalue weighted by Gasteiger charge is 2.46. The summed E-state index contributed by atoms with van der Waals surface area (Å²) in [5, 5.41) is 3.01. The van der Waals surface area contributed by atoms with Gasteiger partial charge in [-0.2, -0.15) is 0 Å². The van der Waals surface area contributed by atoms with Gasteiger partial charge in [-0.3, -0.25) is 0 Å². The Balaban J connectivity index is 1.56. The number of aryl methyl sites for hydroxylation is 1. The minimum Gasteiger partial charge on any atom is -0.318 e. The predicted molar refractivity (Wildman–Crippen MR) is 93.6 cm³/mol. The minimum absolute atomic E-state index is 0.0355. The van der Waals surface area contributed by atoms with E-state index < -0.39 is 5.82 Å². The fourth-order valence-corrected chi connectivity index (χ4v) is 4.18. The quantitative estimate of drug-likeness (QED) is 0.899. The zero-order valence-corrected chi connectivity index (χ0v) is 14.4. The number of hydrogen-bond acceptors (Lipinski definition) is 3. The van der Waals surface area contributed by atoms with Crippen LogP contribution in [0.4, 0.5) is 14.9 Å². The Morgan fingerprint density at radius 1 is 1.28 bits per heavy atom. The average Bonchev–Trinajstić information content (AvgIpc) is 3.14. The van der Waals surface area contributed by atoms with Gasteiger partial charge in [-0.25, -0.2) is 19.2 Å². The number of aromatic nitrogens is 2. The first kappa shape index (κ1) is 16.0. The van der Waals surface area contributed by atoms with Gasteiger partial charge in [-0.05, 0) is 49.8 Å². The summed E-state index contributed by atoms with van der Waals surface area (Å²) in [5.74, 6) is 0.556. The van der Waals surface area contributed by atoms with E-state index in [0.29, 0.717) is 29.5 Å². The lowest BCUT2D eigenvalue weighted by Crippen LogP contribution is -2.39. The molecule has 1 aromatic carbocycles. The van der Waals surface area contributed by atoms with Crippen molar-refractivity contribution in [2.45, 2.75) is 45.2 Å². The van der Waals surface area contributed by atoms with E-state index in [9.17, 15) is 9.18 Å². The highest BCUT2D eigenvalue weighted by Crippen LogP contribution is 2.41. The molecule has 2 aliphatic heterocycles. The average molecular weight is 340 g/mol. The van der Waals surface area contributed by atoms with Crippen LogP contribution in [0.25, 0.3) is 11.4 Å². The van der Waals surface area contributed by atoms with Crippen molar-refractivity contribution in [2.75, 3.05) is 5.32 Å². The molecule has 2 aromatic rings. The lowest BCUT2D eigenvalue weighted by atomic mass is 9.91. The maximum absolute atomic E-state index is 13.1. The second-order valence-electron chi connectivity index (χ2n) is 7.10. The number of fused-ring (bicyclic) bond motifs is 2. The van der Waals surface area contributed by atoms with E-state index in [4.69, 9.17) is 0 Å². The summed E-state index contributed by atoms with van der Waals surface area (Å²) in [6, 6.07) is 6.33. The Kier molecular flexibility index (Phi) is 3.90. The molecule has 5 nitrogen and oxygen atoms in total. The third-order valence-electron chi connectivity index (χ3n) is 5.43. The summed E-state index contributed by atoms with van der Waals surface area (Å²) >= 11 is 0. The highest BCUT2D eigenvalue weighted by atomic mass is 19.1. The number of rotatable bonds is 2. The first-order valence-corrected chi connectivity index (χ1v) is 8.71. The first-order valence-electron chi connectivity index (χ1n) is 8.71. The molecule has 3 atom stereocenters. The molecule has 2 fully saturated rings. The van der Waals surface area contributed by atoms with Crippen molar-refractivity contribution in [2.24, 2.45) is 5.92 Å². The Labute approximate surface area is 146 Å². The van der Waals surface area contributed by atoms with Crippen LogP contribution in [0, 0.1) is 18.7 Å². The van der Waals surface area contributed by atoms with Crippen LogP contribution in [0.2, 0.25) is 0 Å². The number of amides is 2. The summed E-state index contributed by atoms with van der Waals surface area (Å²) in [6.07, 6.45) is 5.60. The molecule has 0 saturated carbocycles. The second-order valence-corrected chi connectivity index (χ2v) is 7.10. The zero-order chi connectivity index (χ0) is 17.6. The summed E-state index contributed by atoms with van der Waals surface area (Å²) < 4.78 is 13.1. The Hall–Kier alpha value is -2.50. The van der Waals surface area contributed by atoms with Gasteiger partial charge < -0.3 is 10.2 Å². The number of nitrogens with one attached hydrogen (secondary N) is 1. The van der Waals surface area contributed by atoms with Crippen LogP contribution in [0.15, 0.2) is 30.6 Å². The maximum Gasteiger partial charge on any atom is 0.322 e. The van der Waals surface area contributed by atoms with Crippen molar-refractivity contribution < 1.29 is 9.18 Å². The number of carbonyl (C=O) groups is 1. The van der Waals surface area contributed by atoms with Crippen molar-refractivity contribution in [3.05, 3.63) is 42.0 Å². The number of hydrogen-bond donors (Lipinski definition) is 1. The Morgan fingerprint density at radius 2 is 2.04 bits per heavy atom. The van der Waals surface area contributed by atoms with E-state index in [2.05, 4.69) is 22.2 Å². The summed E-state index contributed by atoms with van der Waals surface area (Å²) in [6.45, 7) is 4.16. The van der Waals surface area contributed by atoms with Gasteiger partial charge >= 0.3 is 6.03 Å². The number of benzene rings is 1. The highest BCUT2D eigenvalue weighted by molar-refractivity contribution is 5.91. The van der Waals surface area contributed by atoms with Gasteiger partial charge in [0.05, 0.1) is 12.4 Å². The molecular formula is C19H21FN4O. The number of anilines is 1. The van der Waals surface area contributed by atoms with Gasteiger partial charge in [-0.1, -0.05) is 13.0 Å². The smallest absolute Gasteiger partial charge is 0.318 e. The van der Waals surface area contributed by atoms with Crippen molar-refractivity contribution in [3.8, 4) is 11.4 Å². The van der Waals surface area contributed by atoms with Crippen LogP contribution >= 0.6 is 0 Å². The van der Waals surface area contributed by atoms with Crippen LogP contribution in [-0.2, 0) is 0 Å². The van der Waals surface area contributed by atoms with E-state index in [1.54, 1.807) is 0 Å². The molecule has 2 aliphatic rings. The molecular weight excluding hydrogens is 319 g/mol. The standard InChI is InChI=1S/C19H21FN4O/c1-11-3-4-14(8-16(11)18-21-9-13(20)10-22-18)23-19(25)24-15-5-6-17(24)12(2)7-15/h3-4,8-10,12,15,17H,5-7H2,1-2H3,(H,23,25)/t12-,15?,17?/m0/s1. The van der Waals surface area contributed by atoms with Crippen molar-refractivity contribution in [1.29, 1.82) is 0 Å². The van der Waals surface area contributed by atoms with Gasteiger partial charge in [-0.15, -0.1) is 0 Å². The lowest BCUT2D eigenvalue weighted by Gasteiger charge is -2.23. The van der Waals surface area contributed by atoms with Crippen molar-refractivity contribution in [3.63, 3.8) is 0 Å². The molecule has 1 aromatic heterocycles. The fraction of sp³-hybridized carbons (Fsp3) is 0.421. The molecule has 3 heterocycles. The SMILES string of the molecule is Cc1ccc(NC(=O)N2C3CCC2[C@@H](C)C3)cc1-c1ncc(F)cn1. The van der Waals surface area contributed by atoms with Crippen LogP contribution in [0.3, 0.4) is 0 Å². The molecule has 0 aliphatic carbocycles.